The van der Waals surface area contributed by atoms with Crippen LogP contribution in [0.1, 0.15) is 39.0 Å². The fourth-order valence-corrected chi connectivity index (χ4v) is 1.81. The van der Waals surface area contributed by atoms with E-state index in [0.29, 0.717) is 6.61 Å². The summed E-state index contributed by atoms with van der Waals surface area (Å²) >= 11 is 0. The molecule has 0 spiro atoms. The lowest BCUT2D eigenvalue weighted by atomic mass is 10.2. The van der Waals surface area contributed by atoms with E-state index >= 15 is 0 Å². The van der Waals surface area contributed by atoms with Gasteiger partial charge in [0.1, 0.15) is 0 Å². The van der Waals surface area contributed by atoms with Gasteiger partial charge in [0, 0.05) is 19.6 Å². The molecule has 4 nitrogen and oxygen atoms in total. The molecule has 1 saturated heterocycles. The highest BCUT2D eigenvalue weighted by Gasteiger charge is 2.15. The Balaban J connectivity index is 2.08. The number of carbonyl (C=O) groups excluding carboxylic acids is 1. The number of hydrogen-bond donors (Lipinski definition) is 1. The van der Waals surface area contributed by atoms with E-state index in [9.17, 15) is 4.79 Å². The van der Waals surface area contributed by atoms with E-state index in [1.54, 1.807) is 4.90 Å². The number of ether oxygens (including phenoxy) is 1. The molecule has 0 aromatic rings. The standard InChI is InChI=1S/C12H24N2O2/c1-2-3-4-5-11-16-12(15)14-9-6-7-13-8-10-14/h13H,2-11H2,1H3. The van der Waals surface area contributed by atoms with Crippen molar-refractivity contribution in [3.63, 3.8) is 0 Å². The van der Waals surface area contributed by atoms with E-state index in [4.69, 9.17) is 4.74 Å². The first kappa shape index (κ1) is 13.3. The number of amides is 1. The Labute approximate surface area is 98.3 Å². The zero-order valence-corrected chi connectivity index (χ0v) is 10.3. The van der Waals surface area contributed by atoms with Crippen molar-refractivity contribution in [3.8, 4) is 0 Å². The summed E-state index contributed by atoms with van der Waals surface area (Å²) in [5.41, 5.74) is 0. The van der Waals surface area contributed by atoms with Gasteiger partial charge in [-0.05, 0) is 19.4 Å². The largest absolute Gasteiger partial charge is 0.449 e. The highest BCUT2D eigenvalue weighted by molar-refractivity contribution is 5.67. The summed E-state index contributed by atoms with van der Waals surface area (Å²) in [6.45, 7) is 6.22. The average molecular weight is 228 g/mol. The monoisotopic (exact) mass is 228 g/mol. The molecule has 1 heterocycles. The molecule has 1 aliphatic rings. The Hall–Kier alpha value is -0.770. The van der Waals surface area contributed by atoms with E-state index in [1.165, 1.54) is 12.8 Å². The number of unbranched alkanes of at least 4 members (excludes halogenated alkanes) is 3. The molecule has 0 radical (unpaired) electrons. The molecule has 1 amide bonds. The van der Waals surface area contributed by atoms with Gasteiger partial charge >= 0.3 is 6.09 Å². The topological polar surface area (TPSA) is 41.6 Å². The Bertz CT molecular complexity index is 189. The molecule has 94 valence electrons. The van der Waals surface area contributed by atoms with Gasteiger partial charge in [0.15, 0.2) is 0 Å². The van der Waals surface area contributed by atoms with Crippen molar-refractivity contribution in [2.45, 2.75) is 39.0 Å². The second kappa shape index (κ2) is 8.39. The van der Waals surface area contributed by atoms with Gasteiger partial charge in [0.05, 0.1) is 6.61 Å². The fraction of sp³-hybridized carbons (Fsp3) is 0.917. The van der Waals surface area contributed by atoms with Crippen LogP contribution in [0.3, 0.4) is 0 Å². The van der Waals surface area contributed by atoms with Gasteiger partial charge in [0.2, 0.25) is 0 Å². The zero-order chi connectivity index (χ0) is 11.6. The summed E-state index contributed by atoms with van der Waals surface area (Å²) in [5.74, 6) is 0. The first-order valence-electron chi connectivity index (χ1n) is 6.47. The molecule has 0 aliphatic carbocycles. The molecule has 1 aliphatic heterocycles. The van der Waals surface area contributed by atoms with Crippen LogP contribution in [-0.2, 0) is 4.74 Å². The third-order valence-electron chi connectivity index (χ3n) is 2.82. The molecule has 0 saturated carbocycles. The number of nitrogens with one attached hydrogen (secondary N) is 1. The Morgan fingerprint density at radius 1 is 1.25 bits per heavy atom. The second-order valence-electron chi connectivity index (χ2n) is 4.27. The molecule has 0 aromatic carbocycles. The van der Waals surface area contributed by atoms with Crippen molar-refractivity contribution >= 4 is 6.09 Å². The number of rotatable bonds is 5. The summed E-state index contributed by atoms with van der Waals surface area (Å²) in [5, 5.41) is 3.27. The van der Waals surface area contributed by atoms with E-state index in [1.807, 2.05) is 0 Å². The van der Waals surface area contributed by atoms with Crippen molar-refractivity contribution in [3.05, 3.63) is 0 Å². The van der Waals surface area contributed by atoms with Crippen LogP contribution in [0.15, 0.2) is 0 Å². The van der Waals surface area contributed by atoms with Crippen LogP contribution < -0.4 is 5.32 Å². The summed E-state index contributed by atoms with van der Waals surface area (Å²) in [7, 11) is 0. The van der Waals surface area contributed by atoms with E-state index in [0.717, 1.165) is 45.4 Å². The molecule has 4 heteroatoms. The Morgan fingerprint density at radius 2 is 2.12 bits per heavy atom. The summed E-state index contributed by atoms with van der Waals surface area (Å²) in [6.07, 6.45) is 5.47. The molecule has 1 N–H and O–H groups in total. The molecule has 1 rings (SSSR count). The molecule has 1 fully saturated rings. The highest BCUT2D eigenvalue weighted by Crippen LogP contribution is 2.02. The van der Waals surface area contributed by atoms with Crippen LogP contribution in [0.4, 0.5) is 4.79 Å². The van der Waals surface area contributed by atoms with E-state index in [-0.39, 0.29) is 6.09 Å². The lowest BCUT2D eigenvalue weighted by molar-refractivity contribution is 0.103. The molecule has 16 heavy (non-hydrogen) atoms. The molecule has 0 atom stereocenters. The minimum Gasteiger partial charge on any atom is -0.449 e. The van der Waals surface area contributed by atoms with E-state index < -0.39 is 0 Å². The number of hydrogen-bond acceptors (Lipinski definition) is 3. The third kappa shape index (κ3) is 5.35. The molecule has 0 aromatic heterocycles. The first-order valence-corrected chi connectivity index (χ1v) is 6.47. The van der Waals surface area contributed by atoms with Crippen molar-refractivity contribution in [1.82, 2.24) is 10.2 Å². The van der Waals surface area contributed by atoms with Crippen LogP contribution in [0, 0.1) is 0 Å². The van der Waals surface area contributed by atoms with Gasteiger partial charge < -0.3 is 15.0 Å². The lowest BCUT2D eigenvalue weighted by Crippen LogP contribution is -2.34. The van der Waals surface area contributed by atoms with Crippen molar-refractivity contribution in [2.75, 3.05) is 32.8 Å². The number of nitrogens with zero attached hydrogens (tertiary/aromatic N) is 1. The fourth-order valence-electron chi connectivity index (χ4n) is 1.81. The normalized spacial score (nSPS) is 16.9. The summed E-state index contributed by atoms with van der Waals surface area (Å²) in [6, 6.07) is 0. The van der Waals surface area contributed by atoms with Gasteiger partial charge in [-0.25, -0.2) is 4.79 Å². The maximum atomic E-state index is 11.7. The summed E-state index contributed by atoms with van der Waals surface area (Å²) in [4.78, 5) is 13.5. The van der Waals surface area contributed by atoms with Crippen LogP contribution in [0.5, 0.6) is 0 Å². The maximum Gasteiger partial charge on any atom is 0.409 e. The minimum atomic E-state index is -0.139. The molecule has 0 bridgehead atoms. The first-order chi connectivity index (χ1) is 7.84. The Kier molecular flexibility index (Phi) is 6.97. The molecular weight excluding hydrogens is 204 g/mol. The van der Waals surface area contributed by atoms with Gasteiger partial charge in [-0.3, -0.25) is 0 Å². The Morgan fingerprint density at radius 3 is 2.94 bits per heavy atom. The zero-order valence-electron chi connectivity index (χ0n) is 10.3. The summed E-state index contributed by atoms with van der Waals surface area (Å²) < 4.78 is 5.24. The molecular formula is C12H24N2O2. The predicted octanol–water partition coefficient (Wildman–Crippen LogP) is 2.00. The SMILES string of the molecule is CCCCCCOC(=O)N1CCCNCC1. The van der Waals surface area contributed by atoms with Crippen LogP contribution >= 0.6 is 0 Å². The minimum absolute atomic E-state index is 0.139. The van der Waals surface area contributed by atoms with Crippen molar-refractivity contribution < 1.29 is 9.53 Å². The quantitative estimate of drug-likeness (QED) is 0.732. The van der Waals surface area contributed by atoms with Gasteiger partial charge in [-0.2, -0.15) is 0 Å². The maximum absolute atomic E-state index is 11.7. The smallest absolute Gasteiger partial charge is 0.409 e. The number of carbonyl (C=O) groups is 1. The molecule has 0 unspecified atom stereocenters. The van der Waals surface area contributed by atoms with Gasteiger partial charge in [0.25, 0.3) is 0 Å². The average Bonchev–Trinajstić information content (AvgIpc) is 2.57. The lowest BCUT2D eigenvalue weighted by Gasteiger charge is -2.19. The predicted molar refractivity (Wildman–Crippen MR) is 64.5 cm³/mol. The third-order valence-corrected chi connectivity index (χ3v) is 2.82. The van der Waals surface area contributed by atoms with Crippen molar-refractivity contribution in [2.24, 2.45) is 0 Å². The van der Waals surface area contributed by atoms with Crippen LogP contribution in [-0.4, -0.2) is 43.8 Å². The van der Waals surface area contributed by atoms with Crippen molar-refractivity contribution in [1.29, 1.82) is 0 Å². The van der Waals surface area contributed by atoms with Gasteiger partial charge in [-0.1, -0.05) is 26.2 Å². The highest BCUT2D eigenvalue weighted by atomic mass is 16.6. The van der Waals surface area contributed by atoms with E-state index in [2.05, 4.69) is 12.2 Å². The van der Waals surface area contributed by atoms with Crippen LogP contribution in [0.25, 0.3) is 0 Å². The second-order valence-corrected chi connectivity index (χ2v) is 4.27. The van der Waals surface area contributed by atoms with Crippen LogP contribution in [0.2, 0.25) is 0 Å². The van der Waals surface area contributed by atoms with Gasteiger partial charge in [-0.15, -0.1) is 0 Å².